The highest BCUT2D eigenvalue weighted by molar-refractivity contribution is 5.35. The molecule has 0 radical (unpaired) electrons. The summed E-state index contributed by atoms with van der Waals surface area (Å²) in [6, 6.07) is 9.29. The van der Waals surface area contributed by atoms with Gasteiger partial charge in [0.2, 0.25) is 0 Å². The van der Waals surface area contributed by atoms with E-state index in [0.29, 0.717) is 5.56 Å². The predicted octanol–water partition coefficient (Wildman–Crippen LogP) is 2.58. The van der Waals surface area contributed by atoms with Crippen LogP contribution in [0.15, 0.2) is 24.3 Å². The van der Waals surface area contributed by atoms with Crippen LogP contribution in [0.5, 0.6) is 5.75 Å². The van der Waals surface area contributed by atoms with E-state index in [9.17, 15) is 0 Å². The lowest BCUT2D eigenvalue weighted by Gasteiger charge is -2.19. The maximum absolute atomic E-state index is 8.74. The molecule has 0 aliphatic carbocycles. The standard InChI is InChI=1S/C12H16N2O/c1-3-8-14(4-2)15-12-7-5-6-11(9-12)10-13/h5-7,9H,3-4,8H2,1-2H3. The smallest absolute Gasteiger partial charge is 0.148 e. The van der Waals surface area contributed by atoms with Gasteiger partial charge in [-0.1, -0.05) is 13.0 Å². The lowest BCUT2D eigenvalue weighted by Crippen LogP contribution is -2.27. The van der Waals surface area contributed by atoms with Crippen molar-refractivity contribution in [2.45, 2.75) is 20.3 Å². The van der Waals surface area contributed by atoms with Crippen LogP contribution in [0, 0.1) is 11.3 Å². The number of rotatable bonds is 5. The molecular formula is C12H16N2O. The van der Waals surface area contributed by atoms with Crippen molar-refractivity contribution in [1.29, 1.82) is 5.26 Å². The highest BCUT2D eigenvalue weighted by Crippen LogP contribution is 2.14. The Hall–Kier alpha value is -1.53. The van der Waals surface area contributed by atoms with Crippen molar-refractivity contribution in [2.24, 2.45) is 0 Å². The second-order valence-electron chi connectivity index (χ2n) is 3.25. The minimum atomic E-state index is 0.625. The van der Waals surface area contributed by atoms with E-state index >= 15 is 0 Å². The Morgan fingerprint density at radius 1 is 1.40 bits per heavy atom. The van der Waals surface area contributed by atoms with E-state index in [1.807, 2.05) is 24.1 Å². The van der Waals surface area contributed by atoms with E-state index in [0.717, 1.165) is 25.3 Å². The SMILES string of the molecule is CCCN(CC)Oc1cccc(C#N)c1. The Morgan fingerprint density at radius 3 is 2.80 bits per heavy atom. The average Bonchev–Trinajstić information content (AvgIpc) is 2.29. The average molecular weight is 204 g/mol. The summed E-state index contributed by atoms with van der Waals surface area (Å²) in [4.78, 5) is 5.63. The highest BCUT2D eigenvalue weighted by Gasteiger charge is 2.03. The van der Waals surface area contributed by atoms with Gasteiger partial charge in [0.1, 0.15) is 5.75 Å². The summed E-state index contributed by atoms with van der Waals surface area (Å²) in [6.07, 6.45) is 1.05. The van der Waals surface area contributed by atoms with Gasteiger partial charge in [0.05, 0.1) is 11.6 Å². The molecule has 0 aromatic heterocycles. The van der Waals surface area contributed by atoms with Crippen molar-refractivity contribution >= 4 is 0 Å². The van der Waals surface area contributed by atoms with Crippen molar-refractivity contribution in [3.8, 4) is 11.8 Å². The largest absolute Gasteiger partial charge is 0.406 e. The van der Waals surface area contributed by atoms with Crippen LogP contribution >= 0.6 is 0 Å². The molecule has 0 amide bonds. The summed E-state index contributed by atoms with van der Waals surface area (Å²) in [5.74, 6) is 0.726. The Labute approximate surface area is 90.8 Å². The molecule has 1 rings (SSSR count). The molecule has 1 aromatic carbocycles. The zero-order chi connectivity index (χ0) is 11.1. The van der Waals surface area contributed by atoms with E-state index in [1.165, 1.54) is 0 Å². The summed E-state index contributed by atoms with van der Waals surface area (Å²) in [7, 11) is 0. The Balaban J connectivity index is 2.66. The molecule has 0 atom stereocenters. The molecule has 0 aliphatic rings. The van der Waals surface area contributed by atoms with Crippen LogP contribution in [0.2, 0.25) is 0 Å². The van der Waals surface area contributed by atoms with Crippen molar-refractivity contribution in [2.75, 3.05) is 13.1 Å². The lowest BCUT2D eigenvalue weighted by molar-refractivity contribution is -0.0534. The summed E-state index contributed by atoms with van der Waals surface area (Å²) >= 11 is 0. The fraction of sp³-hybridized carbons (Fsp3) is 0.417. The molecule has 3 nitrogen and oxygen atoms in total. The van der Waals surface area contributed by atoms with Crippen LogP contribution in [0.3, 0.4) is 0 Å². The zero-order valence-corrected chi connectivity index (χ0v) is 9.23. The van der Waals surface area contributed by atoms with Gasteiger partial charge in [0.15, 0.2) is 0 Å². The first kappa shape index (κ1) is 11.5. The van der Waals surface area contributed by atoms with Crippen molar-refractivity contribution in [3.05, 3.63) is 29.8 Å². The molecule has 0 heterocycles. The van der Waals surface area contributed by atoms with E-state index in [-0.39, 0.29) is 0 Å². The fourth-order valence-electron chi connectivity index (χ4n) is 1.29. The van der Waals surface area contributed by atoms with Crippen molar-refractivity contribution in [3.63, 3.8) is 0 Å². The molecule has 0 saturated heterocycles. The van der Waals surface area contributed by atoms with Gasteiger partial charge in [-0.2, -0.15) is 5.26 Å². The second kappa shape index (κ2) is 6.05. The first-order valence-corrected chi connectivity index (χ1v) is 5.23. The number of benzene rings is 1. The number of hydrogen-bond acceptors (Lipinski definition) is 3. The van der Waals surface area contributed by atoms with Crippen LogP contribution < -0.4 is 4.84 Å². The Kier molecular flexibility index (Phi) is 4.65. The first-order valence-electron chi connectivity index (χ1n) is 5.23. The molecule has 15 heavy (non-hydrogen) atoms. The molecule has 0 saturated carbocycles. The molecule has 0 unspecified atom stereocenters. The van der Waals surface area contributed by atoms with Gasteiger partial charge in [-0.3, -0.25) is 0 Å². The summed E-state index contributed by atoms with van der Waals surface area (Å²) in [5, 5.41) is 10.6. The number of hydrogen-bond donors (Lipinski definition) is 0. The zero-order valence-electron chi connectivity index (χ0n) is 9.23. The Bertz CT molecular complexity index is 344. The minimum absolute atomic E-state index is 0.625. The number of nitriles is 1. The quantitative estimate of drug-likeness (QED) is 0.692. The molecule has 80 valence electrons. The van der Waals surface area contributed by atoms with Crippen molar-refractivity contribution < 1.29 is 4.84 Å². The molecule has 0 bridgehead atoms. The second-order valence-corrected chi connectivity index (χ2v) is 3.25. The maximum atomic E-state index is 8.74. The van der Waals surface area contributed by atoms with E-state index in [1.54, 1.807) is 12.1 Å². The van der Waals surface area contributed by atoms with Gasteiger partial charge in [-0.25, -0.2) is 0 Å². The van der Waals surface area contributed by atoms with E-state index in [4.69, 9.17) is 10.1 Å². The van der Waals surface area contributed by atoms with Gasteiger partial charge >= 0.3 is 0 Å². The monoisotopic (exact) mass is 204 g/mol. The summed E-state index contributed by atoms with van der Waals surface area (Å²) in [5.41, 5.74) is 0.625. The van der Waals surface area contributed by atoms with Gasteiger partial charge in [-0.15, -0.1) is 5.06 Å². The summed E-state index contributed by atoms with van der Waals surface area (Å²) < 4.78 is 0. The fourth-order valence-corrected chi connectivity index (χ4v) is 1.29. The van der Waals surface area contributed by atoms with E-state index < -0.39 is 0 Å². The molecule has 3 heteroatoms. The summed E-state index contributed by atoms with van der Waals surface area (Å²) in [6.45, 7) is 5.89. The highest BCUT2D eigenvalue weighted by atomic mass is 16.7. The first-order chi connectivity index (χ1) is 7.30. The third kappa shape index (κ3) is 3.61. The van der Waals surface area contributed by atoms with E-state index in [2.05, 4.69) is 13.0 Å². The molecule has 0 spiro atoms. The van der Waals surface area contributed by atoms with Gasteiger partial charge in [0.25, 0.3) is 0 Å². The predicted molar refractivity (Wildman–Crippen MR) is 59.3 cm³/mol. The van der Waals surface area contributed by atoms with Crippen molar-refractivity contribution in [1.82, 2.24) is 5.06 Å². The lowest BCUT2D eigenvalue weighted by atomic mass is 10.2. The van der Waals surface area contributed by atoms with Crippen LogP contribution in [-0.4, -0.2) is 18.2 Å². The minimum Gasteiger partial charge on any atom is -0.406 e. The van der Waals surface area contributed by atoms with Gasteiger partial charge in [0, 0.05) is 19.2 Å². The Morgan fingerprint density at radius 2 is 2.20 bits per heavy atom. The number of nitrogens with zero attached hydrogens (tertiary/aromatic N) is 2. The maximum Gasteiger partial charge on any atom is 0.148 e. The van der Waals surface area contributed by atoms with Crippen LogP contribution in [0.1, 0.15) is 25.8 Å². The normalized spacial score (nSPS) is 10.0. The molecular weight excluding hydrogens is 188 g/mol. The third-order valence-electron chi connectivity index (χ3n) is 2.02. The molecule has 0 N–H and O–H groups in total. The van der Waals surface area contributed by atoms with Crippen LogP contribution in [0.25, 0.3) is 0 Å². The molecule has 1 aromatic rings. The third-order valence-corrected chi connectivity index (χ3v) is 2.02. The van der Waals surface area contributed by atoms with Crippen LogP contribution in [-0.2, 0) is 0 Å². The van der Waals surface area contributed by atoms with Crippen LogP contribution in [0.4, 0.5) is 0 Å². The molecule has 0 aliphatic heterocycles. The van der Waals surface area contributed by atoms with Gasteiger partial charge < -0.3 is 4.84 Å². The topological polar surface area (TPSA) is 36.3 Å². The molecule has 0 fully saturated rings. The number of hydroxylamine groups is 2. The van der Waals surface area contributed by atoms with Gasteiger partial charge in [-0.05, 0) is 25.5 Å².